The van der Waals surface area contributed by atoms with E-state index in [0.29, 0.717) is 6.42 Å². The van der Waals surface area contributed by atoms with E-state index in [9.17, 15) is 4.79 Å². The number of carbonyl (C=O) groups is 1. The van der Waals surface area contributed by atoms with Gasteiger partial charge in [-0.25, -0.2) is 0 Å². The normalized spacial score (nSPS) is 11.9. The van der Waals surface area contributed by atoms with E-state index in [0.717, 1.165) is 19.3 Å². The zero-order chi connectivity index (χ0) is 21.1. The molecular formula is C27H33O2P. The van der Waals surface area contributed by atoms with Gasteiger partial charge in [-0.2, -0.15) is 0 Å². The van der Waals surface area contributed by atoms with Crippen LogP contribution >= 0.6 is 7.26 Å². The van der Waals surface area contributed by atoms with Crippen LogP contribution in [0.1, 0.15) is 44.9 Å². The molecule has 3 aromatic carbocycles. The maximum absolute atomic E-state index is 10.7. The molecule has 0 aliphatic carbocycles. The van der Waals surface area contributed by atoms with Crippen LogP contribution in [-0.2, 0) is 4.79 Å². The molecule has 0 aliphatic heterocycles. The Morgan fingerprint density at radius 2 is 0.933 bits per heavy atom. The average Bonchev–Trinajstić information content (AvgIpc) is 2.80. The maximum atomic E-state index is 10.7. The van der Waals surface area contributed by atoms with Crippen LogP contribution in [0.4, 0.5) is 0 Å². The third-order valence-electron chi connectivity index (χ3n) is 5.99. The van der Waals surface area contributed by atoms with Crippen molar-refractivity contribution in [2.45, 2.75) is 44.9 Å². The Morgan fingerprint density at radius 3 is 1.33 bits per heavy atom. The van der Waals surface area contributed by atoms with Crippen LogP contribution in [-0.4, -0.2) is 17.2 Å². The van der Waals surface area contributed by atoms with Crippen molar-refractivity contribution in [1.82, 2.24) is 0 Å². The summed E-state index contributed by atoms with van der Waals surface area (Å²) in [6.45, 7) is 0. The van der Waals surface area contributed by atoms with Crippen LogP contribution in [0.5, 0.6) is 0 Å². The van der Waals surface area contributed by atoms with E-state index in [2.05, 4.69) is 91.0 Å². The fourth-order valence-electron chi connectivity index (χ4n) is 4.47. The van der Waals surface area contributed by atoms with Gasteiger partial charge in [-0.05, 0) is 0 Å². The Balaban J connectivity index is 1.79. The number of carboxylic acids is 1. The van der Waals surface area contributed by atoms with Gasteiger partial charge in [-0.15, -0.1) is 0 Å². The van der Waals surface area contributed by atoms with E-state index in [1.54, 1.807) is 0 Å². The first-order chi connectivity index (χ1) is 14.7. The molecule has 0 unspecified atom stereocenters. The molecule has 0 fully saturated rings. The summed E-state index contributed by atoms with van der Waals surface area (Å²) in [6, 6.07) is 33.3. The predicted molar refractivity (Wildman–Crippen MR) is 131 cm³/mol. The standard InChI is InChI=1S/C27H33O2P/c28-27(29)22-14-3-1-2-4-15-23-30(24-16-8-5-9-17-24,25-18-10-6-11-19-25)26-20-12-7-13-21-26/h5-13,16-21,30H,1-4,14-15,22-23H2,(H,28,29). The topological polar surface area (TPSA) is 37.3 Å². The van der Waals surface area contributed by atoms with Gasteiger partial charge < -0.3 is 0 Å². The molecule has 0 radical (unpaired) electrons. The molecule has 2 nitrogen and oxygen atoms in total. The summed E-state index contributed by atoms with van der Waals surface area (Å²) in [5.41, 5.74) is 0. The number of benzene rings is 3. The van der Waals surface area contributed by atoms with Gasteiger partial charge in [0, 0.05) is 0 Å². The molecule has 0 saturated carbocycles. The first-order valence-electron chi connectivity index (χ1n) is 11.1. The van der Waals surface area contributed by atoms with Crippen molar-refractivity contribution in [3.05, 3.63) is 91.0 Å². The first kappa shape index (κ1) is 22.2. The molecule has 0 saturated heterocycles. The molecule has 3 aromatic rings. The van der Waals surface area contributed by atoms with Crippen LogP contribution in [0.15, 0.2) is 91.0 Å². The third-order valence-corrected chi connectivity index (χ3v) is 11.1. The fraction of sp³-hybridized carbons (Fsp3) is 0.296. The van der Waals surface area contributed by atoms with Crippen LogP contribution in [0.2, 0.25) is 0 Å². The number of aliphatic carboxylic acids is 1. The van der Waals surface area contributed by atoms with Gasteiger partial charge in [-0.3, -0.25) is 0 Å². The molecule has 0 aliphatic rings. The van der Waals surface area contributed by atoms with E-state index in [1.165, 1.54) is 41.3 Å². The summed E-state index contributed by atoms with van der Waals surface area (Å²) in [5, 5.41) is 13.2. The summed E-state index contributed by atoms with van der Waals surface area (Å²) < 4.78 is 0. The number of unbranched alkanes of at least 4 members (excludes halogenated alkanes) is 5. The minimum absolute atomic E-state index is 0.298. The Hall–Kier alpha value is -2.44. The second kappa shape index (κ2) is 11.7. The first-order valence-corrected chi connectivity index (χ1v) is 13.3. The molecule has 0 heterocycles. The van der Waals surface area contributed by atoms with Crippen molar-refractivity contribution in [3.63, 3.8) is 0 Å². The molecular weight excluding hydrogens is 387 g/mol. The number of hydrogen-bond donors (Lipinski definition) is 1. The zero-order valence-electron chi connectivity index (χ0n) is 17.7. The van der Waals surface area contributed by atoms with Gasteiger partial charge in [0.15, 0.2) is 0 Å². The second-order valence-corrected chi connectivity index (χ2v) is 12.1. The van der Waals surface area contributed by atoms with Crippen molar-refractivity contribution in [1.29, 1.82) is 0 Å². The molecule has 30 heavy (non-hydrogen) atoms. The van der Waals surface area contributed by atoms with Crippen molar-refractivity contribution < 1.29 is 9.90 Å². The second-order valence-electron chi connectivity index (χ2n) is 8.02. The summed E-state index contributed by atoms with van der Waals surface area (Å²) in [7, 11) is -2.09. The number of carboxylic acid groups (broad SMARTS) is 1. The molecule has 0 atom stereocenters. The molecule has 0 bridgehead atoms. The van der Waals surface area contributed by atoms with E-state index in [-0.39, 0.29) is 0 Å². The monoisotopic (exact) mass is 420 g/mol. The fourth-order valence-corrected chi connectivity index (χ4v) is 9.41. The molecule has 3 rings (SSSR count). The Morgan fingerprint density at radius 1 is 0.567 bits per heavy atom. The van der Waals surface area contributed by atoms with Crippen LogP contribution in [0, 0.1) is 0 Å². The quantitative estimate of drug-likeness (QED) is 0.309. The van der Waals surface area contributed by atoms with Crippen LogP contribution in [0.25, 0.3) is 0 Å². The molecule has 0 aromatic heterocycles. The third kappa shape index (κ3) is 5.80. The molecule has 1 N–H and O–H groups in total. The van der Waals surface area contributed by atoms with Gasteiger partial charge in [0.25, 0.3) is 0 Å². The van der Waals surface area contributed by atoms with Crippen LogP contribution < -0.4 is 15.9 Å². The van der Waals surface area contributed by atoms with Gasteiger partial charge in [0.2, 0.25) is 0 Å². The van der Waals surface area contributed by atoms with Gasteiger partial charge in [-0.1, -0.05) is 0 Å². The SMILES string of the molecule is O=C(O)CCCCCCCC[PH](c1ccccc1)(c1ccccc1)c1ccccc1. The minimum atomic E-state index is -2.09. The zero-order valence-corrected chi connectivity index (χ0v) is 18.7. The van der Waals surface area contributed by atoms with Crippen LogP contribution in [0.3, 0.4) is 0 Å². The predicted octanol–water partition coefficient (Wildman–Crippen LogP) is 5.53. The Kier molecular flexibility index (Phi) is 8.66. The summed E-state index contributed by atoms with van der Waals surface area (Å²) in [5.74, 6) is -0.681. The van der Waals surface area contributed by atoms with E-state index < -0.39 is 13.2 Å². The van der Waals surface area contributed by atoms with Crippen molar-refractivity contribution in [2.75, 3.05) is 6.16 Å². The molecule has 0 spiro atoms. The van der Waals surface area contributed by atoms with Crippen molar-refractivity contribution in [2.24, 2.45) is 0 Å². The molecule has 158 valence electrons. The Labute approximate surface area is 181 Å². The number of hydrogen-bond acceptors (Lipinski definition) is 1. The van der Waals surface area contributed by atoms with E-state index >= 15 is 0 Å². The van der Waals surface area contributed by atoms with Gasteiger partial charge in [0.1, 0.15) is 0 Å². The van der Waals surface area contributed by atoms with Crippen molar-refractivity contribution >= 4 is 29.1 Å². The molecule has 3 heteroatoms. The van der Waals surface area contributed by atoms with Gasteiger partial charge in [0.05, 0.1) is 0 Å². The number of rotatable bonds is 12. The summed E-state index contributed by atoms with van der Waals surface area (Å²) in [6.07, 6.45) is 8.02. The summed E-state index contributed by atoms with van der Waals surface area (Å²) >= 11 is 0. The Bertz CT molecular complexity index is 782. The molecule has 0 amide bonds. The van der Waals surface area contributed by atoms with Crippen molar-refractivity contribution in [3.8, 4) is 0 Å². The van der Waals surface area contributed by atoms with Gasteiger partial charge >= 0.3 is 181 Å². The van der Waals surface area contributed by atoms with E-state index in [4.69, 9.17) is 5.11 Å². The van der Waals surface area contributed by atoms with E-state index in [1.807, 2.05) is 0 Å². The average molecular weight is 421 g/mol. The summed E-state index contributed by atoms with van der Waals surface area (Å²) in [4.78, 5) is 10.7.